The Kier molecular flexibility index (Phi) is 7.24. The summed E-state index contributed by atoms with van der Waals surface area (Å²) in [5.41, 5.74) is 2.56. The maximum atomic E-state index is 13.3. The molecule has 0 fully saturated rings. The Morgan fingerprint density at radius 3 is 2.05 bits per heavy atom. The molecule has 3 aromatic carbocycles. The second-order valence-electron chi connectivity index (χ2n) is 9.72. The molecule has 0 aromatic heterocycles. The van der Waals surface area contributed by atoms with Gasteiger partial charge in [-0.05, 0) is 75.4 Å². The van der Waals surface area contributed by atoms with Crippen LogP contribution in [0, 0.1) is 0 Å². The molecule has 37 heavy (non-hydrogen) atoms. The number of para-hydroxylation sites is 1. The minimum Gasteiger partial charge on any atom is -0.455 e. The summed E-state index contributed by atoms with van der Waals surface area (Å²) in [7, 11) is -0.0970. The van der Waals surface area contributed by atoms with Crippen LogP contribution < -0.4 is 9.62 Å². The Balaban J connectivity index is 1.52. The number of ether oxygens (including phenoxy) is 1. The lowest BCUT2D eigenvalue weighted by molar-refractivity contribution is -0.146. The zero-order valence-electron chi connectivity index (χ0n) is 21.3. The van der Waals surface area contributed by atoms with E-state index in [2.05, 4.69) is 19.9 Å². The van der Waals surface area contributed by atoms with E-state index in [1.54, 1.807) is 57.2 Å². The number of azo groups is 1. The van der Waals surface area contributed by atoms with Gasteiger partial charge in [0.25, 0.3) is 0 Å². The van der Waals surface area contributed by atoms with Gasteiger partial charge in [-0.2, -0.15) is 15.0 Å². The number of hydrogen-bond donors (Lipinski definition) is 1. The largest absolute Gasteiger partial charge is 0.455 e. The summed E-state index contributed by atoms with van der Waals surface area (Å²) < 4.78 is 34.6. The molecule has 0 saturated heterocycles. The number of benzene rings is 3. The summed E-state index contributed by atoms with van der Waals surface area (Å²) in [5, 5.41) is 8.40. The van der Waals surface area contributed by atoms with Crippen LogP contribution in [0.5, 0.6) is 0 Å². The molecule has 0 radical (unpaired) electrons. The van der Waals surface area contributed by atoms with Gasteiger partial charge in [-0.15, -0.1) is 0 Å². The fraction of sp³-hybridized carbons (Fsp3) is 0.259. The van der Waals surface area contributed by atoms with Crippen molar-refractivity contribution in [2.45, 2.75) is 37.3 Å². The molecular formula is C27H29N5O4S. The Bertz CT molecular complexity index is 1460. The summed E-state index contributed by atoms with van der Waals surface area (Å²) in [6.45, 7) is 5.22. The number of carbonyl (C=O) groups is 1. The predicted octanol–water partition coefficient (Wildman–Crippen LogP) is 5.62. The van der Waals surface area contributed by atoms with Crippen LogP contribution in [-0.2, 0) is 19.6 Å². The highest BCUT2D eigenvalue weighted by atomic mass is 32.2. The van der Waals surface area contributed by atoms with E-state index in [0.717, 1.165) is 5.69 Å². The van der Waals surface area contributed by atoms with Crippen molar-refractivity contribution in [3.8, 4) is 0 Å². The molecule has 1 heterocycles. The fourth-order valence-corrected chi connectivity index (χ4v) is 4.82. The van der Waals surface area contributed by atoms with Gasteiger partial charge in [0.05, 0.1) is 28.0 Å². The summed E-state index contributed by atoms with van der Waals surface area (Å²) >= 11 is 0. The van der Waals surface area contributed by atoms with Crippen molar-refractivity contribution in [3.63, 3.8) is 0 Å². The van der Waals surface area contributed by atoms with Crippen molar-refractivity contribution < 1.29 is 17.9 Å². The van der Waals surface area contributed by atoms with Crippen molar-refractivity contribution in [2.75, 3.05) is 19.0 Å². The molecule has 0 aliphatic carbocycles. The average molecular weight is 520 g/mol. The quantitative estimate of drug-likeness (QED) is 0.322. The van der Waals surface area contributed by atoms with Crippen LogP contribution >= 0.6 is 0 Å². The van der Waals surface area contributed by atoms with Gasteiger partial charge in [0.1, 0.15) is 11.3 Å². The third-order valence-electron chi connectivity index (χ3n) is 5.44. The Morgan fingerprint density at radius 1 is 0.919 bits per heavy atom. The number of esters is 1. The number of carbonyl (C=O) groups excluding carboxylic acids is 1. The third-order valence-corrected chi connectivity index (χ3v) is 6.88. The van der Waals surface area contributed by atoms with Crippen molar-refractivity contribution in [2.24, 2.45) is 15.2 Å². The second-order valence-corrected chi connectivity index (χ2v) is 11.4. The fourth-order valence-electron chi connectivity index (χ4n) is 3.64. The normalized spacial score (nSPS) is 15.4. The Labute approximate surface area is 217 Å². The maximum absolute atomic E-state index is 13.3. The second kappa shape index (κ2) is 10.2. The van der Waals surface area contributed by atoms with Crippen molar-refractivity contribution in [3.05, 3.63) is 78.4 Å². The summed E-state index contributed by atoms with van der Waals surface area (Å²) in [4.78, 5) is 19.2. The molecular weight excluding hydrogens is 490 g/mol. The Morgan fingerprint density at radius 2 is 1.49 bits per heavy atom. The van der Waals surface area contributed by atoms with Crippen LogP contribution in [0.1, 0.15) is 32.4 Å². The predicted molar refractivity (Wildman–Crippen MR) is 144 cm³/mol. The molecule has 0 bridgehead atoms. The number of anilines is 1. The van der Waals surface area contributed by atoms with E-state index >= 15 is 0 Å². The summed E-state index contributed by atoms with van der Waals surface area (Å²) in [6, 6.07) is 19.6. The van der Waals surface area contributed by atoms with Crippen molar-refractivity contribution in [1.82, 2.24) is 4.72 Å². The van der Waals surface area contributed by atoms with Crippen molar-refractivity contribution in [1.29, 1.82) is 0 Å². The molecule has 0 saturated carbocycles. The first-order valence-electron chi connectivity index (χ1n) is 11.7. The van der Waals surface area contributed by atoms with Gasteiger partial charge in [-0.3, -0.25) is 0 Å². The van der Waals surface area contributed by atoms with Crippen molar-refractivity contribution >= 4 is 44.5 Å². The number of nitrogens with zero attached hydrogens (tertiary/aromatic N) is 4. The molecule has 4 rings (SSSR count). The molecule has 10 heteroatoms. The van der Waals surface area contributed by atoms with Crippen LogP contribution in [0.4, 0.5) is 22.7 Å². The highest BCUT2D eigenvalue weighted by Crippen LogP contribution is 2.35. The third kappa shape index (κ3) is 6.28. The van der Waals surface area contributed by atoms with Gasteiger partial charge in [-0.1, -0.05) is 18.2 Å². The summed E-state index contributed by atoms with van der Waals surface area (Å²) in [5.74, 6) is -0.675. The van der Waals surface area contributed by atoms with Gasteiger partial charge in [0.2, 0.25) is 10.0 Å². The molecule has 0 spiro atoms. The maximum Gasteiger partial charge on any atom is 0.355 e. The van der Waals surface area contributed by atoms with E-state index in [0.29, 0.717) is 22.6 Å². The van der Waals surface area contributed by atoms with E-state index < -0.39 is 27.6 Å². The molecule has 9 nitrogen and oxygen atoms in total. The molecule has 1 aliphatic rings. The summed E-state index contributed by atoms with van der Waals surface area (Å²) in [6.07, 6.45) is 0. The van der Waals surface area contributed by atoms with Crippen LogP contribution in [0.25, 0.3) is 0 Å². The molecule has 1 unspecified atom stereocenters. The van der Waals surface area contributed by atoms with E-state index in [4.69, 9.17) is 4.74 Å². The molecule has 3 aromatic rings. The average Bonchev–Trinajstić information content (AvgIpc) is 3.20. The number of hydrogen-bond acceptors (Lipinski definition) is 8. The van der Waals surface area contributed by atoms with Crippen LogP contribution in [0.15, 0.2) is 92.9 Å². The molecule has 192 valence electrons. The van der Waals surface area contributed by atoms with Gasteiger partial charge >= 0.3 is 5.97 Å². The number of nitrogens with one attached hydrogen (secondary N) is 1. The molecule has 1 N–H and O–H groups in total. The van der Waals surface area contributed by atoms with Gasteiger partial charge in [0, 0.05) is 25.3 Å². The van der Waals surface area contributed by atoms with Crippen LogP contribution in [0.2, 0.25) is 0 Å². The van der Waals surface area contributed by atoms with Gasteiger partial charge in [0.15, 0.2) is 0 Å². The first-order chi connectivity index (χ1) is 17.4. The highest BCUT2D eigenvalue weighted by Gasteiger charge is 2.37. The number of aliphatic imine (C=N–C) groups is 1. The molecule has 1 aliphatic heterocycles. The van der Waals surface area contributed by atoms with E-state index in [-0.39, 0.29) is 10.6 Å². The lowest BCUT2D eigenvalue weighted by Gasteiger charge is -2.22. The topological polar surface area (TPSA) is 113 Å². The lowest BCUT2D eigenvalue weighted by atomic mass is 10.0. The zero-order valence-corrected chi connectivity index (χ0v) is 22.2. The number of rotatable bonds is 7. The highest BCUT2D eigenvalue weighted by molar-refractivity contribution is 7.89. The van der Waals surface area contributed by atoms with Gasteiger partial charge in [-0.25, -0.2) is 18.2 Å². The lowest BCUT2D eigenvalue weighted by Crippen LogP contribution is -2.38. The monoisotopic (exact) mass is 519 g/mol. The first kappa shape index (κ1) is 26.2. The minimum atomic E-state index is -4.01. The van der Waals surface area contributed by atoms with Crippen LogP contribution in [-0.4, -0.2) is 39.8 Å². The van der Waals surface area contributed by atoms with Gasteiger partial charge < -0.3 is 9.64 Å². The Hall–Kier alpha value is -3.89. The van der Waals surface area contributed by atoms with E-state index in [1.807, 2.05) is 43.3 Å². The van der Waals surface area contributed by atoms with Crippen LogP contribution in [0.3, 0.4) is 0 Å². The zero-order chi connectivity index (χ0) is 26.8. The smallest absolute Gasteiger partial charge is 0.355 e. The standard InChI is InChI=1S/C27H29N5O4S/c1-27(2,3)36-26(33)25-24(22-8-6-7-9-23(22)28-25)31-37(34,35)21-16-12-19(13-17-21)30-29-18-10-14-20(15-11-18)32(4)5/h6-17,24,31H,1-5H3. The number of fused-ring (bicyclic) bond motifs is 1. The SMILES string of the molecule is CN(C)c1ccc(N=Nc2ccc(S(=O)(=O)NC3C(C(=O)OC(C)(C)C)=Nc4ccccc43)cc2)cc1. The first-order valence-corrected chi connectivity index (χ1v) is 13.1. The molecule has 0 amide bonds. The van der Waals surface area contributed by atoms with E-state index in [9.17, 15) is 13.2 Å². The molecule has 1 atom stereocenters. The van der Waals surface area contributed by atoms with E-state index in [1.165, 1.54) is 12.1 Å². The minimum absolute atomic E-state index is 0.00888. The number of sulfonamides is 1.